The molecule has 1 aromatic carbocycles. The summed E-state index contributed by atoms with van der Waals surface area (Å²) in [6.07, 6.45) is -5.47. The maximum absolute atomic E-state index is 13.3. The van der Waals surface area contributed by atoms with Crippen molar-refractivity contribution in [2.24, 2.45) is 0 Å². The summed E-state index contributed by atoms with van der Waals surface area (Å²) in [5.41, 5.74) is 0.489. The highest BCUT2D eigenvalue weighted by Crippen LogP contribution is 2.24. The van der Waals surface area contributed by atoms with Crippen molar-refractivity contribution in [1.29, 1.82) is 0 Å². The molecular weight excluding hydrogens is 325 g/mol. The number of urea groups is 1. The molecule has 3 atom stereocenters. The van der Waals surface area contributed by atoms with E-state index in [2.05, 4.69) is 5.32 Å². The molecule has 2 amide bonds. The Morgan fingerprint density at radius 3 is 2.67 bits per heavy atom. The highest BCUT2D eigenvalue weighted by atomic mass is 19.4. The SMILES string of the molecule is C[C@@H]1CO[C@H](CO)CN1C(=O)N[C@@H](Cc1ccccc1)C(F)(F)F. The lowest BCUT2D eigenvalue weighted by molar-refractivity contribution is -0.154. The third-order valence-electron chi connectivity index (χ3n) is 3.95. The molecule has 2 rings (SSSR count). The Morgan fingerprint density at radius 2 is 2.08 bits per heavy atom. The second-order valence-corrected chi connectivity index (χ2v) is 5.87. The predicted octanol–water partition coefficient (Wildman–Crippen LogP) is 1.95. The molecule has 5 nitrogen and oxygen atoms in total. The molecule has 0 saturated carbocycles. The summed E-state index contributed by atoms with van der Waals surface area (Å²) in [5, 5.41) is 11.2. The molecule has 1 aromatic rings. The number of aliphatic hydroxyl groups excluding tert-OH is 1. The number of carbonyl (C=O) groups is 1. The van der Waals surface area contributed by atoms with E-state index in [0.29, 0.717) is 5.56 Å². The highest BCUT2D eigenvalue weighted by molar-refractivity contribution is 5.75. The normalized spacial score (nSPS) is 23.0. The van der Waals surface area contributed by atoms with Gasteiger partial charge < -0.3 is 20.1 Å². The lowest BCUT2D eigenvalue weighted by Gasteiger charge is -2.38. The molecule has 1 saturated heterocycles. The van der Waals surface area contributed by atoms with Gasteiger partial charge in [0.2, 0.25) is 0 Å². The molecule has 1 heterocycles. The maximum Gasteiger partial charge on any atom is 0.408 e. The minimum Gasteiger partial charge on any atom is -0.394 e. The van der Waals surface area contributed by atoms with Crippen LogP contribution < -0.4 is 5.32 Å². The number of carbonyl (C=O) groups excluding carboxylic acids is 1. The van der Waals surface area contributed by atoms with Gasteiger partial charge in [0.05, 0.1) is 31.9 Å². The van der Waals surface area contributed by atoms with Crippen molar-refractivity contribution in [3.05, 3.63) is 35.9 Å². The Kier molecular flexibility index (Phi) is 6.06. The van der Waals surface area contributed by atoms with Crippen LogP contribution in [0.5, 0.6) is 0 Å². The molecule has 24 heavy (non-hydrogen) atoms. The first kappa shape index (κ1) is 18.5. The molecule has 1 fully saturated rings. The Hall–Kier alpha value is -1.80. The van der Waals surface area contributed by atoms with E-state index in [-0.39, 0.29) is 32.2 Å². The minimum absolute atomic E-state index is 0.0550. The number of alkyl halides is 3. The molecule has 0 unspecified atom stereocenters. The standard InChI is InChI=1S/C16H21F3N2O3/c1-11-10-24-13(9-22)8-21(11)15(23)20-14(16(17,18)19)7-12-5-3-2-4-6-12/h2-6,11,13-14,22H,7-10H2,1H3,(H,20,23)/t11-,13+,14+/m1/s1. The fourth-order valence-electron chi connectivity index (χ4n) is 2.54. The van der Waals surface area contributed by atoms with Crippen LogP contribution >= 0.6 is 0 Å². The van der Waals surface area contributed by atoms with E-state index < -0.39 is 24.4 Å². The number of nitrogens with zero attached hydrogens (tertiary/aromatic N) is 1. The van der Waals surface area contributed by atoms with Crippen LogP contribution in [-0.4, -0.2) is 60.2 Å². The predicted molar refractivity (Wildman–Crippen MR) is 81.5 cm³/mol. The Morgan fingerprint density at radius 1 is 1.42 bits per heavy atom. The zero-order valence-electron chi connectivity index (χ0n) is 13.3. The first-order valence-electron chi connectivity index (χ1n) is 7.71. The summed E-state index contributed by atoms with van der Waals surface area (Å²) in [6.45, 7) is 1.63. The van der Waals surface area contributed by atoms with Crippen molar-refractivity contribution in [1.82, 2.24) is 10.2 Å². The van der Waals surface area contributed by atoms with E-state index in [9.17, 15) is 18.0 Å². The van der Waals surface area contributed by atoms with E-state index in [4.69, 9.17) is 9.84 Å². The number of rotatable bonds is 4. The Labute approximate surface area is 138 Å². The van der Waals surface area contributed by atoms with Gasteiger partial charge in [-0.05, 0) is 12.5 Å². The number of nitrogens with one attached hydrogen (secondary N) is 1. The van der Waals surface area contributed by atoms with E-state index >= 15 is 0 Å². The van der Waals surface area contributed by atoms with Crippen molar-refractivity contribution < 1.29 is 27.8 Å². The van der Waals surface area contributed by atoms with Crippen LogP contribution in [0.4, 0.5) is 18.0 Å². The van der Waals surface area contributed by atoms with Crippen molar-refractivity contribution >= 4 is 6.03 Å². The molecule has 1 aliphatic heterocycles. The highest BCUT2D eigenvalue weighted by Gasteiger charge is 2.42. The van der Waals surface area contributed by atoms with Crippen LogP contribution in [0, 0.1) is 0 Å². The largest absolute Gasteiger partial charge is 0.408 e. The smallest absolute Gasteiger partial charge is 0.394 e. The summed E-state index contributed by atoms with van der Waals surface area (Å²) in [6, 6.07) is 5.06. The fourth-order valence-corrected chi connectivity index (χ4v) is 2.54. The third kappa shape index (κ3) is 4.85. The maximum atomic E-state index is 13.3. The van der Waals surface area contributed by atoms with Gasteiger partial charge in [-0.25, -0.2) is 4.79 Å². The number of hydrogen-bond donors (Lipinski definition) is 2. The van der Waals surface area contributed by atoms with E-state index in [0.717, 1.165) is 0 Å². The second-order valence-electron chi connectivity index (χ2n) is 5.87. The van der Waals surface area contributed by atoms with Crippen molar-refractivity contribution in [2.45, 2.75) is 37.7 Å². The number of morpholine rings is 1. The van der Waals surface area contributed by atoms with Crippen molar-refractivity contribution in [3.8, 4) is 0 Å². The fraction of sp³-hybridized carbons (Fsp3) is 0.562. The molecular formula is C16H21F3N2O3. The van der Waals surface area contributed by atoms with E-state index in [1.54, 1.807) is 37.3 Å². The van der Waals surface area contributed by atoms with Gasteiger partial charge in [-0.3, -0.25) is 0 Å². The van der Waals surface area contributed by atoms with Crippen LogP contribution in [-0.2, 0) is 11.2 Å². The topological polar surface area (TPSA) is 61.8 Å². The summed E-state index contributed by atoms with van der Waals surface area (Å²) >= 11 is 0. The van der Waals surface area contributed by atoms with Gasteiger partial charge in [0.15, 0.2) is 0 Å². The first-order valence-corrected chi connectivity index (χ1v) is 7.71. The van der Waals surface area contributed by atoms with Gasteiger partial charge in [0.25, 0.3) is 0 Å². The van der Waals surface area contributed by atoms with Crippen LogP contribution in [0.2, 0.25) is 0 Å². The molecule has 0 aromatic heterocycles. The average Bonchev–Trinajstić information content (AvgIpc) is 2.54. The number of amides is 2. The van der Waals surface area contributed by atoms with Crippen LogP contribution in [0.3, 0.4) is 0 Å². The number of aliphatic hydroxyl groups is 1. The molecule has 8 heteroatoms. The van der Waals surface area contributed by atoms with Gasteiger partial charge in [-0.2, -0.15) is 13.2 Å². The summed E-state index contributed by atoms with van der Waals surface area (Å²) in [7, 11) is 0. The monoisotopic (exact) mass is 346 g/mol. The molecule has 134 valence electrons. The lowest BCUT2D eigenvalue weighted by atomic mass is 10.1. The van der Waals surface area contributed by atoms with Gasteiger partial charge in [-0.1, -0.05) is 30.3 Å². The molecule has 0 bridgehead atoms. The average molecular weight is 346 g/mol. The van der Waals surface area contributed by atoms with Gasteiger partial charge in [0.1, 0.15) is 6.04 Å². The third-order valence-corrected chi connectivity index (χ3v) is 3.95. The van der Waals surface area contributed by atoms with Crippen LogP contribution in [0.15, 0.2) is 30.3 Å². The zero-order chi connectivity index (χ0) is 17.7. The lowest BCUT2D eigenvalue weighted by Crippen LogP contribution is -2.58. The number of ether oxygens (including phenoxy) is 1. The zero-order valence-corrected chi connectivity index (χ0v) is 13.3. The summed E-state index contributed by atoms with van der Waals surface area (Å²) < 4.78 is 45.1. The van der Waals surface area contributed by atoms with Crippen molar-refractivity contribution in [2.75, 3.05) is 19.8 Å². The number of halogens is 3. The molecule has 0 radical (unpaired) electrons. The van der Waals surface area contributed by atoms with Gasteiger partial charge >= 0.3 is 12.2 Å². The molecule has 1 aliphatic rings. The molecule has 0 spiro atoms. The van der Waals surface area contributed by atoms with E-state index in [1.165, 1.54) is 4.90 Å². The summed E-state index contributed by atoms with van der Waals surface area (Å²) in [5.74, 6) is 0. The molecule has 0 aliphatic carbocycles. The van der Waals surface area contributed by atoms with Crippen molar-refractivity contribution in [3.63, 3.8) is 0 Å². The van der Waals surface area contributed by atoms with Crippen LogP contribution in [0.1, 0.15) is 12.5 Å². The second kappa shape index (κ2) is 7.85. The molecule has 2 N–H and O–H groups in total. The van der Waals surface area contributed by atoms with E-state index in [1.807, 2.05) is 0 Å². The van der Waals surface area contributed by atoms with Gasteiger partial charge in [0, 0.05) is 6.42 Å². The Bertz CT molecular complexity index is 539. The number of benzene rings is 1. The van der Waals surface area contributed by atoms with Crippen LogP contribution in [0.25, 0.3) is 0 Å². The Balaban J connectivity index is 2.06. The first-order chi connectivity index (χ1) is 11.3. The quantitative estimate of drug-likeness (QED) is 0.876. The number of hydrogen-bond acceptors (Lipinski definition) is 3. The minimum atomic E-state index is -4.56. The summed E-state index contributed by atoms with van der Waals surface area (Å²) in [4.78, 5) is 13.6. The van der Waals surface area contributed by atoms with Gasteiger partial charge in [-0.15, -0.1) is 0 Å².